The summed E-state index contributed by atoms with van der Waals surface area (Å²) in [6, 6.07) is 4.31. The molecule has 1 amide bonds. The number of hydrogen-bond acceptors (Lipinski definition) is 5. The average molecular weight is 459 g/mol. The van der Waals surface area contributed by atoms with Gasteiger partial charge in [0.2, 0.25) is 0 Å². The number of hydrogen-bond donors (Lipinski definition) is 2. The van der Waals surface area contributed by atoms with Crippen LogP contribution in [0.2, 0.25) is 0 Å². The maximum atomic E-state index is 13.0. The lowest BCUT2D eigenvalue weighted by Gasteiger charge is -2.24. The number of phenols is 1. The molecule has 2 N–H and O–H groups in total. The lowest BCUT2D eigenvalue weighted by Crippen LogP contribution is -2.23. The Morgan fingerprint density at radius 2 is 1.68 bits per heavy atom. The largest absolute Gasteiger partial charge is 0.507 e. The fourth-order valence-corrected chi connectivity index (χ4v) is 3.91. The monoisotopic (exact) mass is 459 g/mol. The molecule has 0 heterocycles. The summed E-state index contributed by atoms with van der Waals surface area (Å²) in [4.78, 5) is 12.0. The zero-order valence-corrected chi connectivity index (χ0v) is 18.7. The number of amides is 1. The summed E-state index contributed by atoms with van der Waals surface area (Å²) in [7, 11) is -4.08. The summed E-state index contributed by atoms with van der Waals surface area (Å²) < 4.78 is 66.8. The minimum atomic E-state index is -5.51. The van der Waals surface area contributed by atoms with Crippen LogP contribution in [-0.4, -0.2) is 32.0 Å². The van der Waals surface area contributed by atoms with E-state index in [9.17, 15) is 31.5 Å². The van der Waals surface area contributed by atoms with Crippen molar-refractivity contribution in [2.24, 2.45) is 0 Å². The molecule has 0 spiro atoms. The van der Waals surface area contributed by atoms with Crippen molar-refractivity contribution < 1.29 is 36.2 Å². The van der Waals surface area contributed by atoms with E-state index >= 15 is 0 Å². The third kappa shape index (κ3) is 4.63. The van der Waals surface area contributed by atoms with E-state index in [1.807, 2.05) is 20.8 Å². The van der Waals surface area contributed by atoms with Gasteiger partial charge in [0.15, 0.2) is 0 Å². The fourth-order valence-electron chi connectivity index (χ4n) is 3.07. The number of aromatic hydroxyl groups is 1. The predicted octanol–water partition coefficient (Wildman–Crippen LogP) is 4.86. The standard InChI is InChI=1S/C21H24F3NO5S/c1-11-9-13(31(28,29)21(22,23)24)7-8-15(11)25-19(27)17-12(2)16(30-6)10-14(18(17)26)20(3,4)5/h7-10,26H,1-6H3,(H,25,27). The van der Waals surface area contributed by atoms with E-state index in [0.717, 1.165) is 18.2 Å². The Bertz CT molecular complexity index is 1130. The predicted molar refractivity (Wildman–Crippen MR) is 110 cm³/mol. The van der Waals surface area contributed by atoms with Crippen LogP contribution in [0.5, 0.6) is 11.5 Å². The van der Waals surface area contributed by atoms with Gasteiger partial charge in [0.25, 0.3) is 15.7 Å². The Hall–Kier alpha value is -2.75. The summed E-state index contributed by atoms with van der Waals surface area (Å²) >= 11 is 0. The Morgan fingerprint density at radius 1 is 1.10 bits per heavy atom. The second-order valence-corrected chi connectivity index (χ2v) is 10.0. The van der Waals surface area contributed by atoms with Gasteiger partial charge in [-0.3, -0.25) is 4.79 Å². The number of methoxy groups -OCH3 is 1. The van der Waals surface area contributed by atoms with Crippen LogP contribution < -0.4 is 10.1 Å². The smallest absolute Gasteiger partial charge is 0.501 e. The average Bonchev–Trinajstić information content (AvgIpc) is 2.61. The van der Waals surface area contributed by atoms with Crippen molar-refractivity contribution in [3.63, 3.8) is 0 Å². The van der Waals surface area contributed by atoms with E-state index < -0.39 is 31.6 Å². The minimum absolute atomic E-state index is 0.0457. The first-order valence-corrected chi connectivity index (χ1v) is 10.6. The third-order valence-corrected chi connectivity index (χ3v) is 6.31. The van der Waals surface area contributed by atoms with Crippen LogP contribution in [-0.2, 0) is 15.3 Å². The first kappa shape index (κ1) is 24.5. The molecule has 0 atom stereocenters. The minimum Gasteiger partial charge on any atom is -0.507 e. The number of phenolic OH excluding ortho intramolecular Hbond substituents is 1. The zero-order valence-electron chi connectivity index (χ0n) is 17.9. The van der Waals surface area contributed by atoms with E-state index in [1.54, 1.807) is 13.0 Å². The molecule has 0 aliphatic rings. The van der Waals surface area contributed by atoms with Crippen LogP contribution in [0.4, 0.5) is 18.9 Å². The van der Waals surface area contributed by atoms with Gasteiger partial charge in [-0.25, -0.2) is 8.42 Å². The van der Waals surface area contributed by atoms with Gasteiger partial charge in [-0.1, -0.05) is 20.8 Å². The van der Waals surface area contributed by atoms with Crippen molar-refractivity contribution >= 4 is 21.4 Å². The van der Waals surface area contributed by atoms with E-state index in [4.69, 9.17) is 4.74 Å². The molecule has 0 aromatic heterocycles. The summed E-state index contributed by atoms with van der Waals surface area (Å²) in [5.41, 5.74) is -4.93. The Balaban J connectivity index is 2.52. The van der Waals surface area contributed by atoms with Crippen molar-refractivity contribution in [1.82, 2.24) is 0 Å². The van der Waals surface area contributed by atoms with Crippen molar-refractivity contribution in [2.75, 3.05) is 12.4 Å². The van der Waals surface area contributed by atoms with Crippen LogP contribution in [0.3, 0.4) is 0 Å². The number of ether oxygens (including phenoxy) is 1. The number of anilines is 1. The highest BCUT2D eigenvalue weighted by Gasteiger charge is 2.47. The normalized spacial score (nSPS) is 12.5. The van der Waals surface area contributed by atoms with E-state index in [2.05, 4.69) is 5.32 Å². The van der Waals surface area contributed by atoms with Crippen molar-refractivity contribution in [3.05, 3.63) is 46.5 Å². The molecule has 0 aliphatic carbocycles. The van der Waals surface area contributed by atoms with Gasteiger partial charge in [0.05, 0.1) is 17.6 Å². The number of alkyl halides is 3. The van der Waals surface area contributed by atoms with Gasteiger partial charge in [-0.05, 0) is 49.1 Å². The zero-order chi connectivity index (χ0) is 23.9. The van der Waals surface area contributed by atoms with Crippen molar-refractivity contribution in [1.29, 1.82) is 0 Å². The summed E-state index contributed by atoms with van der Waals surface area (Å²) in [6.07, 6.45) is 0. The van der Waals surface area contributed by atoms with Crippen LogP contribution in [0.15, 0.2) is 29.2 Å². The number of aryl methyl sites for hydroxylation is 1. The maximum Gasteiger partial charge on any atom is 0.501 e. The first-order chi connectivity index (χ1) is 14.0. The van der Waals surface area contributed by atoms with Gasteiger partial charge in [-0.15, -0.1) is 0 Å². The van der Waals surface area contributed by atoms with Gasteiger partial charge in [-0.2, -0.15) is 13.2 Å². The van der Waals surface area contributed by atoms with Crippen LogP contribution in [0.25, 0.3) is 0 Å². The molecule has 0 radical (unpaired) electrons. The van der Waals surface area contributed by atoms with Crippen LogP contribution in [0.1, 0.15) is 47.8 Å². The quantitative estimate of drug-likeness (QED) is 0.681. The number of carbonyl (C=O) groups excluding carboxylic acids is 1. The van der Waals surface area contributed by atoms with Crippen LogP contribution >= 0.6 is 0 Å². The number of benzene rings is 2. The summed E-state index contributed by atoms with van der Waals surface area (Å²) in [6.45, 7) is 8.50. The molecule has 2 rings (SSSR count). The highest BCUT2D eigenvalue weighted by Crippen LogP contribution is 2.40. The first-order valence-electron chi connectivity index (χ1n) is 9.16. The van der Waals surface area contributed by atoms with Gasteiger partial charge in [0, 0.05) is 16.8 Å². The van der Waals surface area contributed by atoms with Crippen molar-refractivity contribution in [3.8, 4) is 11.5 Å². The molecular formula is C21H24F3NO5S. The molecule has 6 nitrogen and oxygen atoms in total. The molecule has 0 fully saturated rings. The molecule has 10 heteroatoms. The number of halogens is 3. The Labute approximate surface area is 179 Å². The molecule has 0 bridgehead atoms. The molecule has 31 heavy (non-hydrogen) atoms. The molecule has 0 unspecified atom stereocenters. The van der Waals surface area contributed by atoms with E-state index in [0.29, 0.717) is 16.9 Å². The highest BCUT2D eigenvalue weighted by molar-refractivity contribution is 7.92. The third-order valence-electron chi connectivity index (χ3n) is 4.83. The Kier molecular flexibility index (Phi) is 6.38. The molecule has 0 aliphatic heterocycles. The molecular weight excluding hydrogens is 435 g/mol. The lowest BCUT2D eigenvalue weighted by atomic mass is 9.83. The number of carbonyl (C=O) groups is 1. The number of nitrogens with one attached hydrogen (secondary N) is 1. The molecule has 170 valence electrons. The molecule has 0 saturated carbocycles. The van der Waals surface area contributed by atoms with Crippen molar-refractivity contribution in [2.45, 2.75) is 50.4 Å². The second-order valence-electron chi connectivity index (χ2n) is 8.11. The van der Waals surface area contributed by atoms with Crippen LogP contribution in [0, 0.1) is 13.8 Å². The number of sulfone groups is 1. The lowest BCUT2D eigenvalue weighted by molar-refractivity contribution is -0.0436. The number of rotatable bonds is 4. The van der Waals surface area contributed by atoms with Gasteiger partial charge >= 0.3 is 5.51 Å². The Morgan fingerprint density at radius 3 is 2.13 bits per heavy atom. The SMILES string of the molecule is COc1cc(C(C)(C)C)c(O)c(C(=O)Nc2ccc(S(=O)(=O)C(F)(F)F)cc2C)c1C. The van der Waals surface area contributed by atoms with Gasteiger partial charge in [0.1, 0.15) is 11.5 Å². The van der Waals surface area contributed by atoms with E-state index in [1.165, 1.54) is 14.0 Å². The van der Waals surface area contributed by atoms with Gasteiger partial charge < -0.3 is 15.2 Å². The molecule has 2 aromatic carbocycles. The fraction of sp³-hybridized carbons (Fsp3) is 0.381. The molecule has 2 aromatic rings. The highest BCUT2D eigenvalue weighted by atomic mass is 32.2. The summed E-state index contributed by atoms with van der Waals surface area (Å²) in [5, 5.41) is 13.3. The maximum absolute atomic E-state index is 13.0. The topological polar surface area (TPSA) is 92.7 Å². The van der Waals surface area contributed by atoms with E-state index in [-0.39, 0.29) is 22.6 Å². The summed E-state index contributed by atoms with van der Waals surface area (Å²) in [5.74, 6) is -0.567. The molecule has 0 saturated heterocycles. The second kappa shape index (κ2) is 8.07.